The molecule has 2 amide bonds. The number of nitrogens with one attached hydrogen (secondary N) is 2. The quantitative estimate of drug-likeness (QED) is 0.661. The number of hydrogen-bond donors (Lipinski definition) is 2. The van der Waals surface area contributed by atoms with E-state index in [2.05, 4.69) is 10.6 Å². The maximum atomic E-state index is 12.0. The van der Waals surface area contributed by atoms with Crippen LogP contribution in [0.25, 0.3) is 0 Å². The molecule has 0 fully saturated rings. The average molecular weight is 352 g/mol. The molecule has 0 heterocycles. The van der Waals surface area contributed by atoms with Gasteiger partial charge in [0.1, 0.15) is 0 Å². The molecule has 2 atom stereocenters. The largest absolute Gasteiger partial charge is 0.350 e. The van der Waals surface area contributed by atoms with Crippen LogP contribution < -0.4 is 10.6 Å². The van der Waals surface area contributed by atoms with Crippen molar-refractivity contribution in [3.05, 3.63) is 71.8 Å². The maximum absolute atomic E-state index is 12.0. The summed E-state index contributed by atoms with van der Waals surface area (Å²) >= 11 is 0. The Labute approximate surface area is 156 Å². The number of hydrogen-bond acceptors (Lipinski definition) is 2. The molecule has 0 spiro atoms. The highest BCUT2D eigenvalue weighted by Crippen LogP contribution is 2.13. The molecule has 4 nitrogen and oxygen atoms in total. The van der Waals surface area contributed by atoms with Crippen molar-refractivity contribution in [2.24, 2.45) is 0 Å². The molecule has 2 N–H and O–H groups in total. The van der Waals surface area contributed by atoms with Gasteiger partial charge >= 0.3 is 0 Å². The van der Waals surface area contributed by atoms with E-state index in [1.165, 1.54) is 0 Å². The van der Waals surface area contributed by atoms with Crippen molar-refractivity contribution in [3.63, 3.8) is 0 Å². The van der Waals surface area contributed by atoms with Crippen LogP contribution in [0.15, 0.2) is 60.7 Å². The number of benzene rings is 2. The van der Waals surface area contributed by atoms with Gasteiger partial charge in [-0.05, 0) is 37.8 Å². The summed E-state index contributed by atoms with van der Waals surface area (Å²) in [6.45, 7) is 3.96. The molecule has 2 aromatic carbocycles. The second-order valence-electron chi connectivity index (χ2n) is 6.61. The van der Waals surface area contributed by atoms with E-state index in [9.17, 15) is 9.59 Å². The van der Waals surface area contributed by atoms with E-state index in [0.717, 1.165) is 11.1 Å². The first-order chi connectivity index (χ1) is 12.6. The summed E-state index contributed by atoms with van der Waals surface area (Å²) in [7, 11) is 0. The average Bonchev–Trinajstić information content (AvgIpc) is 2.66. The van der Waals surface area contributed by atoms with Gasteiger partial charge in [-0.2, -0.15) is 0 Å². The van der Waals surface area contributed by atoms with Crippen LogP contribution in [0.3, 0.4) is 0 Å². The normalized spacial score (nSPS) is 12.8. The van der Waals surface area contributed by atoms with Gasteiger partial charge < -0.3 is 10.6 Å². The van der Waals surface area contributed by atoms with Crippen LogP contribution in [0.5, 0.6) is 0 Å². The Hall–Kier alpha value is -2.62. The summed E-state index contributed by atoms with van der Waals surface area (Å²) in [6.07, 6.45) is 2.30. The molecule has 0 aliphatic rings. The fourth-order valence-corrected chi connectivity index (χ4v) is 2.85. The Morgan fingerprint density at radius 2 is 1.04 bits per heavy atom. The summed E-state index contributed by atoms with van der Waals surface area (Å²) in [5.74, 6) is 0.0545. The molecule has 0 unspecified atom stereocenters. The molecule has 26 heavy (non-hydrogen) atoms. The van der Waals surface area contributed by atoms with Crippen LogP contribution in [0.4, 0.5) is 0 Å². The molecule has 0 saturated heterocycles. The molecule has 0 aliphatic heterocycles. The second-order valence-corrected chi connectivity index (χ2v) is 6.61. The number of rotatable bonds is 9. The molecule has 2 aromatic rings. The zero-order chi connectivity index (χ0) is 18.8. The first-order valence-corrected chi connectivity index (χ1v) is 9.25. The lowest BCUT2D eigenvalue weighted by atomic mass is 10.1. The van der Waals surface area contributed by atoms with Crippen LogP contribution in [0.2, 0.25) is 0 Å². The van der Waals surface area contributed by atoms with Crippen molar-refractivity contribution < 1.29 is 9.59 Å². The van der Waals surface area contributed by atoms with Crippen molar-refractivity contribution in [2.45, 2.75) is 51.6 Å². The van der Waals surface area contributed by atoms with E-state index >= 15 is 0 Å². The lowest BCUT2D eigenvalue weighted by molar-refractivity contribution is -0.123. The van der Waals surface area contributed by atoms with E-state index < -0.39 is 0 Å². The van der Waals surface area contributed by atoms with Gasteiger partial charge in [-0.15, -0.1) is 0 Å². The SMILES string of the molecule is C[C@@H](NC(=O)CCCCC(=O)N[C@H](C)c1ccccc1)c1ccccc1. The lowest BCUT2D eigenvalue weighted by Gasteiger charge is -2.15. The highest BCUT2D eigenvalue weighted by molar-refractivity contribution is 5.77. The molecule has 0 saturated carbocycles. The molecule has 138 valence electrons. The zero-order valence-corrected chi connectivity index (χ0v) is 15.6. The van der Waals surface area contributed by atoms with Crippen molar-refractivity contribution in [2.75, 3.05) is 0 Å². The lowest BCUT2D eigenvalue weighted by Crippen LogP contribution is -2.27. The van der Waals surface area contributed by atoms with Gasteiger partial charge in [-0.1, -0.05) is 60.7 Å². The minimum absolute atomic E-state index is 0.00118. The van der Waals surface area contributed by atoms with Gasteiger partial charge in [0.25, 0.3) is 0 Å². The maximum Gasteiger partial charge on any atom is 0.220 e. The Kier molecular flexibility index (Phi) is 7.87. The monoisotopic (exact) mass is 352 g/mol. The highest BCUT2D eigenvalue weighted by atomic mass is 16.2. The Balaban J connectivity index is 1.62. The van der Waals surface area contributed by atoms with Crippen molar-refractivity contribution >= 4 is 11.8 Å². The first-order valence-electron chi connectivity index (χ1n) is 9.25. The van der Waals surface area contributed by atoms with Crippen LogP contribution in [-0.4, -0.2) is 11.8 Å². The molecule has 0 radical (unpaired) electrons. The van der Waals surface area contributed by atoms with Crippen LogP contribution in [-0.2, 0) is 9.59 Å². The van der Waals surface area contributed by atoms with E-state index in [0.29, 0.717) is 25.7 Å². The number of carbonyl (C=O) groups is 2. The van der Waals surface area contributed by atoms with Gasteiger partial charge in [-0.25, -0.2) is 0 Å². The van der Waals surface area contributed by atoms with Crippen LogP contribution >= 0.6 is 0 Å². The van der Waals surface area contributed by atoms with Crippen LogP contribution in [0.1, 0.15) is 62.7 Å². The fourth-order valence-electron chi connectivity index (χ4n) is 2.85. The summed E-state index contributed by atoms with van der Waals surface area (Å²) in [4.78, 5) is 24.0. The number of carbonyl (C=O) groups excluding carboxylic acids is 2. The molecule has 4 heteroatoms. The first kappa shape index (κ1) is 19.7. The molecule has 2 rings (SSSR count). The third-order valence-corrected chi connectivity index (χ3v) is 4.41. The standard InChI is InChI=1S/C22H28N2O2/c1-17(19-11-5-3-6-12-19)23-21(25)15-9-10-16-22(26)24-18(2)20-13-7-4-8-14-20/h3-8,11-14,17-18H,9-10,15-16H2,1-2H3,(H,23,25)(H,24,26)/t17-,18-/m1/s1. The molecule has 0 bridgehead atoms. The third-order valence-electron chi connectivity index (χ3n) is 4.41. The topological polar surface area (TPSA) is 58.2 Å². The van der Waals surface area contributed by atoms with Gasteiger partial charge in [-0.3, -0.25) is 9.59 Å². The van der Waals surface area contributed by atoms with Crippen molar-refractivity contribution in [3.8, 4) is 0 Å². The molecular weight excluding hydrogens is 324 g/mol. The third kappa shape index (κ3) is 6.71. The smallest absolute Gasteiger partial charge is 0.220 e. The fraction of sp³-hybridized carbons (Fsp3) is 0.364. The minimum Gasteiger partial charge on any atom is -0.350 e. The predicted octanol–water partition coefficient (Wildman–Crippen LogP) is 4.30. The molecule has 0 aliphatic carbocycles. The summed E-state index contributed by atoms with van der Waals surface area (Å²) < 4.78 is 0. The van der Waals surface area contributed by atoms with E-state index in [1.54, 1.807) is 0 Å². The van der Waals surface area contributed by atoms with E-state index in [1.807, 2.05) is 74.5 Å². The summed E-state index contributed by atoms with van der Waals surface area (Å²) in [5.41, 5.74) is 2.19. The molecule has 0 aromatic heterocycles. The van der Waals surface area contributed by atoms with Gasteiger partial charge in [0.05, 0.1) is 12.1 Å². The molecular formula is C22H28N2O2. The van der Waals surface area contributed by atoms with E-state index in [4.69, 9.17) is 0 Å². The Morgan fingerprint density at radius 1 is 0.692 bits per heavy atom. The highest BCUT2D eigenvalue weighted by Gasteiger charge is 2.11. The summed E-state index contributed by atoms with van der Waals surface area (Å²) in [6, 6.07) is 19.8. The zero-order valence-electron chi connectivity index (χ0n) is 15.6. The Morgan fingerprint density at radius 3 is 1.38 bits per heavy atom. The van der Waals surface area contributed by atoms with Crippen LogP contribution in [0, 0.1) is 0 Å². The van der Waals surface area contributed by atoms with Gasteiger partial charge in [0.2, 0.25) is 11.8 Å². The Bertz CT molecular complexity index is 624. The minimum atomic E-state index is -0.00118. The van der Waals surface area contributed by atoms with Gasteiger partial charge in [0.15, 0.2) is 0 Å². The van der Waals surface area contributed by atoms with E-state index in [-0.39, 0.29) is 23.9 Å². The number of amides is 2. The summed E-state index contributed by atoms with van der Waals surface area (Å²) in [5, 5.41) is 6.00. The predicted molar refractivity (Wildman–Crippen MR) is 104 cm³/mol. The van der Waals surface area contributed by atoms with Gasteiger partial charge in [0, 0.05) is 12.8 Å². The number of unbranched alkanes of at least 4 members (excludes halogenated alkanes) is 1. The second kappa shape index (κ2) is 10.4. The van der Waals surface area contributed by atoms with Crippen molar-refractivity contribution in [1.29, 1.82) is 0 Å². The van der Waals surface area contributed by atoms with Crippen molar-refractivity contribution in [1.82, 2.24) is 10.6 Å².